The molecule has 0 aliphatic rings. The maximum absolute atomic E-state index is 12.9. The van der Waals surface area contributed by atoms with Crippen LogP contribution in [0.3, 0.4) is 0 Å². The Labute approximate surface area is 441 Å². The molecule has 3 atom stereocenters. The highest BCUT2D eigenvalue weighted by atomic mass is 31.2. The minimum Gasteiger partial charge on any atom is -0.462 e. The monoisotopic (exact) mass is 1040 g/mol. The summed E-state index contributed by atoms with van der Waals surface area (Å²) in [5, 5.41) is 9.82. The van der Waals surface area contributed by atoms with Crippen LogP contribution in [0.25, 0.3) is 0 Å². The third kappa shape index (κ3) is 52.6. The first-order valence-electron chi connectivity index (χ1n) is 29.9. The predicted octanol–water partition coefficient (Wildman–Crippen LogP) is 17.6. The molecule has 0 fully saturated rings. The smallest absolute Gasteiger partial charge is 0.462 e. The van der Waals surface area contributed by atoms with Crippen LogP contribution in [0.2, 0.25) is 0 Å². The molecular weight excluding hydrogens is 928 g/mol. The SMILES string of the molecule is CCCCC/C=C\C/C=C\CCCCCCCC(=O)OC(CO)COP(=O)(O)OCC(COC(=O)CCCCCCCCCCCCCCC)OC(=O)CCCCCCCCC/C=C\CCCCCCCC. The van der Waals surface area contributed by atoms with Crippen LogP contribution < -0.4 is 0 Å². The van der Waals surface area contributed by atoms with Gasteiger partial charge in [0.05, 0.1) is 19.8 Å². The summed E-state index contributed by atoms with van der Waals surface area (Å²) in [4.78, 5) is 48.5. The van der Waals surface area contributed by atoms with Crippen LogP contribution in [0, 0.1) is 0 Å². The summed E-state index contributed by atoms with van der Waals surface area (Å²) in [6.45, 7) is 4.64. The zero-order chi connectivity index (χ0) is 52.7. The van der Waals surface area contributed by atoms with E-state index in [-0.39, 0.29) is 25.9 Å². The first-order chi connectivity index (χ1) is 35.2. The molecule has 2 N–H and O–H groups in total. The number of carbonyl (C=O) groups excluding carboxylic acids is 3. The third-order valence-electron chi connectivity index (χ3n) is 13.0. The Balaban J connectivity index is 4.69. The van der Waals surface area contributed by atoms with Crippen LogP contribution in [0.1, 0.15) is 290 Å². The number of esters is 3. The van der Waals surface area contributed by atoms with E-state index >= 15 is 0 Å². The molecule has 0 amide bonds. The van der Waals surface area contributed by atoms with Gasteiger partial charge in [0.25, 0.3) is 0 Å². The maximum Gasteiger partial charge on any atom is 0.472 e. The van der Waals surface area contributed by atoms with Gasteiger partial charge in [0.1, 0.15) is 12.7 Å². The van der Waals surface area contributed by atoms with Crippen LogP contribution >= 0.6 is 7.82 Å². The van der Waals surface area contributed by atoms with Crippen molar-refractivity contribution in [3.05, 3.63) is 36.5 Å². The number of hydrogen-bond acceptors (Lipinski definition) is 10. The van der Waals surface area contributed by atoms with Crippen molar-refractivity contribution in [2.75, 3.05) is 26.4 Å². The van der Waals surface area contributed by atoms with E-state index in [1.165, 1.54) is 141 Å². The Morgan fingerprint density at radius 1 is 0.389 bits per heavy atom. The number of phosphoric acid groups is 1. The van der Waals surface area contributed by atoms with Gasteiger partial charge in [-0.05, 0) is 77.0 Å². The fourth-order valence-electron chi connectivity index (χ4n) is 8.44. The van der Waals surface area contributed by atoms with Crippen LogP contribution in [0.15, 0.2) is 36.5 Å². The zero-order valence-electron chi connectivity index (χ0n) is 46.7. The molecule has 0 heterocycles. The van der Waals surface area contributed by atoms with Crippen LogP contribution in [0.5, 0.6) is 0 Å². The minimum absolute atomic E-state index is 0.164. The molecule has 0 bridgehead atoms. The number of unbranched alkanes of at least 4 members (excludes halogenated alkanes) is 33. The Hall–Kier alpha value is -2.30. The second kappa shape index (κ2) is 54.9. The molecule has 0 radical (unpaired) electrons. The summed E-state index contributed by atoms with van der Waals surface area (Å²) >= 11 is 0. The van der Waals surface area contributed by atoms with Gasteiger partial charge in [-0.1, -0.05) is 231 Å². The molecule has 422 valence electrons. The molecule has 0 rings (SSSR count). The number of phosphoric ester groups is 1. The molecule has 0 aliphatic carbocycles. The van der Waals surface area contributed by atoms with Crippen molar-refractivity contribution in [2.45, 2.75) is 303 Å². The first kappa shape index (κ1) is 69.7. The third-order valence-corrected chi connectivity index (χ3v) is 14.0. The lowest BCUT2D eigenvalue weighted by molar-refractivity contribution is -0.161. The number of ether oxygens (including phenoxy) is 3. The highest BCUT2D eigenvalue weighted by molar-refractivity contribution is 7.47. The summed E-state index contributed by atoms with van der Waals surface area (Å²) in [5.41, 5.74) is 0. The topological polar surface area (TPSA) is 155 Å². The van der Waals surface area contributed by atoms with Crippen LogP contribution in [0.4, 0.5) is 0 Å². The van der Waals surface area contributed by atoms with Gasteiger partial charge in [0.15, 0.2) is 6.10 Å². The second-order valence-electron chi connectivity index (χ2n) is 20.2. The van der Waals surface area contributed by atoms with Gasteiger partial charge >= 0.3 is 25.7 Å². The van der Waals surface area contributed by atoms with Gasteiger partial charge in [-0.3, -0.25) is 23.4 Å². The maximum atomic E-state index is 12.9. The molecule has 0 spiro atoms. The van der Waals surface area contributed by atoms with E-state index in [0.29, 0.717) is 19.3 Å². The molecular formula is C60H111O11P. The van der Waals surface area contributed by atoms with Gasteiger partial charge < -0.3 is 24.2 Å². The molecule has 3 unspecified atom stereocenters. The zero-order valence-corrected chi connectivity index (χ0v) is 47.6. The van der Waals surface area contributed by atoms with E-state index in [4.69, 9.17) is 23.3 Å². The van der Waals surface area contributed by atoms with Gasteiger partial charge in [0.2, 0.25) is 0 Å². The predicted molar refractivity (Wildman–Crippen MR) is 298 cm³/mol. The number of allylic oxidation sites excluding steroid dienone is 6. The molecule has 0 saturated heterocycles. The number of hydrogen-bond donors (Lipinski definition) is 2. The molecule has 0 saturated carbocycles. The van der Waals surface area contributed by atoms with Gasteiger partial charge in [-0.25, -0.2) is 4.57 Å². The van der Waals surface area contributed by atoms with Crippen molar-refractivity contribution in [2.24, 2.45) is 0 Å². The molecule has 72 heavy (non-hydrogen) atoms. The summed E-state index contributed by atoms with van der Waals surface area (Å²) in [7, 11) is -4.75. The number of aliphatic hydroxyl groups is 1. The normalized spacial score (nSPS) is 13.6. The lowest BCUT2D eigenvalue weighted by atomic mass is 10.0. The molecule has 12 heteroatoms. The van der Waals surface area contributed by atoms with Crippen LogP contribution in [-0.4, -0.2) is 66.5 Å². The van der Waals surface area contributed by atoms with E-state index in [9.17, 15) is 28.9 Å². The van der Waals surface area contributed by atoms with Crippen molar-refractivity contribution in [3.63, 3.8) is 0 Å². The second-order valence-corrected chi connectivity index (χ2v) is 21.6. The average Bonchev–Trinajstić information content (AvgIpc) is 3.37. The lowest BCUT2D eigenvalue weighted by Gasteiger charge is -2.21. The minimum atomic E-state index is -4.75. The van der Waals surface area contributed by atoms with Crippen molar-refractivity contribution < 1.29 is 52.2 Å². The number of rotatable bonds is 56. The van der Waals surface area contributed by atoms with Crippen molar-refractivity contribution >= 4 is 25.7 Å². The van der Waals surface area contributed by atoms with E-state index in [2.05, 4.69) is 57.2 Å². The Bertz CT molecular complexity index is 1350. The van der Waals surface area contributed by atoms with E-state index < -0.39 is 57.8 Å². The molecule has 0 aromatic heterocycles. The van der Waals surface area contributed by atoms with E-state index in [1.807, 2.05) is 0 Å². The lowest BCUT2D eigenvalue weighted by Crippen LogP contribution is -2.30. The highest BCUT2D eigenvalue weighted by Gasteiger charge is 2.28. The van der Waals surface area contributed by atoms with Gasteiger partial charge in [-0.15, -0.1) is 0 Å². The van der Waals surface area contributed by atoms with Crippen molar-refractivity contribution in [3.8, 4) is 0 Å². The Kier molecular flexibility index (Phi) is 53.2. The molecule has 11 nitrogen and oxygen atoms in total. The standard InChI is InChI=1S/C60H111O11P/c1-4-7-10-13-16-19-22-25-27-28-30-33-36-39-42-45-48-51-60(64)71-57(53-67-58(62)49-46-43-40-37-34-31-24-21-18-15-12-9-6-3)55-69-72(65,66)68-54-56(52-61)70-59(63)50-47-44-41-38-35-32-29-26-23-20-17-14-11-8-5-2/h17,20,25-27,29,56-57,61H,4-16,18-19,21-24,28,30-55H2,1-3H3,(H,65,66)/b20-17-,27-25-,29-26-. The van der Waals surface area contributed by atoms with E-state index in [1.54, 1.807) is 0 Å². The number of aliphatic hydroxyl groups excluding tert-OH is 1. The fraction of sp³-hybridized carbons (Fsp3) is 0.850. The Morgan fingerprint density at radius 2 is 0.681 bits per heavy atom. The molecule has 0 aromatic rings. The highest BCUT2D eigenvalue weighted by Crippen LogP contribution is 2.43. The number of carbonyl (C=O) groups is 3. The van der Waals surface area contributed by atoms with Crippen molar-refractivity contribution in [1.29, 1.82) is 0 Å². The van der Waals surface area contributed by atoms with Gasteiger partial charge in [0, 0.05) is 19.3 Å². The summed E-state index contributed by atoms with van der Waals surface area (Å²) in [5.74, 6) is -1.46. The summed E-state index contributed by atoms with van der Waals surface area (Å²) in [6.07, 6.45) is 56.6. The largest absolute Gasteiger partial charge is 0.472 e. The van der Waals surface area contributed by atoms with Gasteiger partial charge in [-0.2, -0.15) is 0 Å². The summed E-state index contributed by atoms with van der Waals surface area (Å²) in [6, 6.07) is 0. The van der Waals surface area contributed by atoms with Crippen LogP contribution in [-0.2, 0) is 42.2 Å². The quantitative estimate of drug-likeness (QED) is 0.0197. The Morgan fingerprint density at radius 3 is 1.07 bits per heavy atom. The summed E-state index contributed by atoms with van der Waals surface area (Å²) < 4.78 is 39.5. The molecule has 0 aromatic carbocycles. The molecule has 0 aliphatic heterocycles. The first-order valence-corrected chi connectivity index (χ1v) is 31.4. The van der Waals surface area contributed by atoms with Crippen molar-refractivity contribution in [1.82, 2.24) is 0 Å². The van der Waals surface area contributed by atoms with E-state index in [0.717, 1.165) is 89.9 Å². The fourth-order valence-corrected chi connectivity index (χ4v) is 9.23. The average molecular weight is 1040 g/mol.